The first kappa shape index (κ1) is 24.4. The van der Waals surface area contributed by atoms with Crippen molar-refractivity contribution in [3.63, 3.8) is 0 Å². The van der Waals surface area contributed by atoms with Gasteiger partial charge in [0.15, 0.2) is 0 Å². The quantitative estimate of drug-likeness (QED) is 0.496. The summed E-state index contributed by atoms with van der Waals surface area (Å²) < 4.78 is 0. The van der Waals surface area contributed by atoms with Crippen molar-refractivity contribution in [3.8, 4) is 0 Å². The second-order valence-corrected chi connectivity index (χ2v) is 10.3. The molecule has 3 aromatic carbocycles. The molecule has 5 rings (SSSR count). The van der Waals surface area contributed by atoms with Gasteiger partial charge in [-0.3, -0.25) is 9.59 Å². The molecular formula is C30H32ClN3O2. The lowest BCUT2D eigenvalue weighted by atomic mass is 9.87. The van der Waals surface area contributed by atoms with E-state index in [2.05, 4.69) is 67.3 Å². The van der Waals surface area contributed by atoms with Crippen molar-refractivity contribution in [1.82, 2.24) is 9.80 Å². The average molecular weight is 502 g/mol. The summed E-state index contributed by atoms with van der Waals surface area (Å²) in [6, 6.07) is 23.9. The third-order valence-electron chi connectivity index (χ3n) is 7.58. The van der Waals surface area contributed by atoms with Gasteiger partial charge in [-0.1, -0.05) is 71.8 Å². The standard InChI is InChI=1S/C30H32ClN3O2/c1-21-11-13-23(14-12-21)25-19-34(29(35)24-8-4-5-9-27(24)31)20-26(25)30(36)33-17-15-32(16-18-33)28-10-6-3-7-22(28)2/h3-14,25-26H,15-20H2,1-2H3/t25-,26-/m0/s1. The second kappa shape index (κ2) is 10.4. The molecule has 186 valence electrons. The fourth-order valence-electron chi connectivity index (χ4n) is 5.50. The number of carbonyl (C=O) groups excluding carboxylic acids is 2. The number of amides is 2. The van der Waals surface area contributed by atoms with Crippen molar-refractivity contribution in [2.24, 2.45) is 5.92 Å². The van der Waals surface area contributed by atoms with Gasteiger partial charge in [0.25, 0.3) is 5.91 Å². The zero-order chi connectivity index (χ0) is 25.2. The molecule has 0 spiro atoms. The van der Waals surface area contributed by atoms with E-state index in [1.165, 1.54) is 16.8 Å². The molecule has 36 heavy (non-hydrogen) atoms. The highest BCUT2D eigenvalue weighted by Crippen LogP contribution is 2.36. The Morgan fingerprint density at radius 2 is 1.44 bits per heavy atom. The van der Waals surface area contributed by atoms with Gasteiger partial charge in [-0.25, -0.2) is 0 Å². The number of benzene rings is 3. The minimum Gasteiger partial charge on any atom is -0.368 e. The maximum atomic E-state index is 13.9. The van der Waals surface area contributed by atoms with Gasteiger partial charge in [-0.15, -0.1) is 0 Å². The van der Waals surface area contributed by atoms with E-state index in [4.69, 9.17) is 11.6 Å². The van der Waals surface area contributed by atoms with Crippen LogP contribution >= 0.6 is 11.6 Å². The smallest absolute Gasteiger partial charge is 0.255 e. The molecule has 0 N–H and O–H groups in total. The Labute approximate surface area is 218 Å². The van der Waals surface area contributed by atoms with Gasteiger partial charge in [0, 0.05) is 50.9 Å². The summed E-state index contributed by atoms with van der Waals surface area (Å²) in [4.78, 5) is 33.4. The molecule has 5 nitrogen and oxygen atoms in total. The van der Waals surface area contributed by atoms with Crippen molar-refractivity contribution in [3.05, 3.63) is 100 Å². The van der Waals surface area contributed by atoms with E-state index in [1.807, 2.05) is 17.0 Å². The van der Waals surface area contributed by atoms with Crippen molar-refractivity contribution in [2.45, 2.75) is 19.8 Å². The predicted octanol–water partition coefficient (Wildman–Crippen LogP) is 5.16. The molecule has 0 aromatic heterocycles. The molecule has 6 heteroatoms. The largest absolute Gasteiger partial charge is 0.368 e. The Kier molecular flexibility index (Phi) is 7.01. The number of para-hydroxylation sites is 1. The Morgan fingerprint density at radius 1 is 0.778 bits per heavy atom. The molecule has 0 unspecified atom stereocenters. The van der Waals surface area contributed by atoms with E-state index in [1.54, 1.807) is 17.0 Å². The van der Waals surface area contributed by atoms with Gasteiger partial charge in [0.1, 0.15) is 0 Å². The molecule has 0 radical (unpaired) electrons. The van der Waals surface area contributed by atoms with E-state index in [-0.39, 0.29) is 23.7 Å². The van der Waals surface area contributed by atoms with E-state index >= 15 is 0 Å². The first-order valence-electron chi connectivity index (χ1n) is 12.6. The van der Waals surface area contributed by atoms with Gasteiger partial charge in [-0.05, 0) is 43.2 Å². The van der Waals surface area contributed by atoms with Crippen molar-refractivity contribution >= 4 is 29.1 Å². The van der Waals surface area contributed by atoms with E-state index in [0.29, 0.717) is 36.8 Å². The molecule has 2 aliphatic rings. The molecule has 0 bridgehead atoms. The van der Waals surface area contributed by atoms with Crippen LogP contribution in [0, 0.1) is 19.8 Å². The summed E-state index contributed by atoms with van der Waals surface area (Å²) >= 11 is 6.34. The third kappa shape index (κ3) is 4.85. The number of anilines is 1. The Morgan fingerprint density at radius 3 is 2.14 bits per heavy atom. The summed E-state index contributed by atoms with van der Waals surface area (Å²) in [5.74, 6) is -0.292. The molecule has 0 aliphatic carbocycles. The zero-order valence-electron chi connectivity index (χ0n) is 20.9. The number of nitrogens with zero attached hydrogens (tertiary/aromatic N) is 3. The molecule has 2 heterocycles. The van der Waals surface area contributed by atoms with Crippen LogP contribution in [0.15, 0.2) is 72.8 Å². The van der Waals surface area contributed by atoms with Crippen LogP contribution in [0.4, 0.5) is 5.69 Å². The van der Waals surface area contributed by atoms with Crippen molar-refractivity contribution in [2.75, 3.05) is 44.2 Å². The first-order valence-corrected chi connectivity index (χ1v) is 13.0. The highest BCUT2D eigenvalue weighted by atomic mass is 35.5. The van der Waals surface area contributed by atoms with E-state index < -0.39 is 0 Å². The summed E-state index contributed by atoms with van der Waals surface area (Å²) in [6.45, 7) is 8.07. The number of carbonyl (C=O) groups is 2. The van der Waals surface area contributed by atoms with Gasteiger partial charge >= 0.3 is 0 Å². The number of likely N-dealkylation sites (tertiary alicyclic amines) is 1. The van der Waals surface area contributed by atoms with Crippen LogP contribution in [0.25, 0.3) is 0 Å². The first-order chi connectivity index (χ1) is 17.4. The molecule has 0 saturated carbocycles. The van der Waals surface area contributed by atoms with Crippen LogP contribution in [0.3, 0.4) is 0 Å². The van der Waals surface area contributed by atoms with Crippen LogP contribution in [-0.2, 0) is 4.79 Å². The van der Waals surface area contributed by atoms with Gasteiger partial charge < -0.3 is 14.7 Å². The summed E-state index contributed by atoms with van der Waals surface area (Å²) in [5.41, 5.74) is 5.26. The van der Waals surface area contributed by atoms with Crippen LogP contribution in [0.1, 0.15) is 33.0 Å². The predicted molar refractivity (Wildman–Crippen MR) is 145 cm³/mol. The molecule has 2 aliphatic heterocycles. The number of aryl methyl sites for hydroxylation is 2. The molecule has 2 amide bonds. The van der Waals surface area contributed by atoms with Crippen molar-refractivity contribution < 1.29 is 9.59 Å². The summed E-state index contributed by atoms with van der Waals surface area (Å²) in [5, 5.41) is 0.441. The zero-order valence-corrected chi connectivity index (χ0v) is 21.6. The van der Waals surface area contributed by atoms with Gasteiger partial charge in [0.2, 0.25) is 5.91 Å². The maximum Gasteiger partial charge on any atom is 0.255 e. The third-order valence-corrected chi connectivity index (χ3v) is 7.91. The van der Waals surface area contributed by atoms with Crippen LogP contribution in [0.2, 0.25) is 5.02 Å². The summed E-state index contributed by atoms with van der Waals surface area (Å²) in [7, 11) is 0. The lowest BCUT2D eigenvalue weighted by Gasteiger charge is -2.38. The van der Waals surface area contributed by atoms with Gasteiger partial charge in [0.05, 0.1) is 16.5 Å². The molecule has 2 fully saturated rings. The Bertz CT molecular complexity index is 1250. The second-order valence-electron chi connectivity index (χ2n) is 9.91. The number of hydrogen-bond donors (Lipinski definition) is 0. The number of piperazine rings is 1. The maximum absolute atomic E-state index is 13.9. The summed E-state index contributed by atoms with van der Waals surface area (Å²) in [6.07, 6.45) is 0. The molecular weight excluding hydrogens is 470 g/mol. The van der Waals surface area contributed by atoms with E-state index in [9.17, 15) is 9.59 Å². The fourth-order valence-corrected chi connectivity index (χ4v) is 5.71. The number of hydrogen-bond acceptors (Lipinski definition) is 3. The lowest BCUT2D eigenvalue weighted by molar-refractivity contribution is -0.135. The average Bonchev–Trinajstić information content (AvgIpc) is 3.34. The monoisotopic (exact) mass is 501 g/mol. The minimum absolute atomic E-state index is 0.0427. The highest BCUT2D eigenvalue weighted by molar-refractivity contribution is 6.33. The topological polar surface area (TPSA) is 43.9 Å². The van der Waals surface area contributed by atoms with Crippen LogP contribution < -0.4 is 4.90 Å². The highest BCUT2D eigenvalue weighted by Gasteiger charge is 2.43. The van der Waals surface area contributed by atoms with E-state index in [0.717, 1.165) is 18.7 Å². The lowest BCUT2D eigenvalue weighted by Crippen LogP contribution is -2.51. The van der Waals surface area contributed by atoms with Crippen LogP contribution in [0.5, 0.6) is 0 Å². The molecule has 2 atom stereocenters. The molecule has 2 saturated heterocycles. The number of halogens is 1. The van der Waals surface area contributed by atoms with Gasteiger partial charge in [-0.2, -0.15) is 0 Å². The normalized spacial score (nSPS) is 20.0. The van der Waals surface area contributed by atoms with Crippen LogP contribution in [-0.4, -0.2) is 60.9 Å². The number of rotatable bonds is 4. The Balaban J connectivity index is 1.35. The Hall–Kier alpha value is -3.31. The molecule has 3 aromatic rings. The fraction of sp³-hybridized carbons (Fsp3) is 0.333. The van der Waals surface area contributed by atoms with Crippen molar-refractivity contribution in [1.29, 1.82) is 0 Å². The SMILES string of the molecule is Cc1ccc([C@@H]2CN(C(=O)c3ccccc3Cl)C[C@@H]2C(=O)N2CCN(c3ccccc3C)CC2)cc1. The minimum atomic E-state index is -0.274.